The first kappa shape index (κ1) is 14.3. The molecule has 1 aliphatic heterocycles. The third-order valence-electron chi connectivity index (χ3n) is 2.87. The summed E-state index contributed by atoms with van der Waals surface area (Å²) >= 11 is 5.27. The predicted octanol–water partition coefficient (Wildman–Crippen LogP) is 3.87. The van der Waals surface area contributed by atoms with Gasteiger partial charge in [0.25, 0.3) is 0 Å². The molecule has 100 valence electrons. The molecule has 0 unspecified atom stereocenters. The number of rotatable bonds is 6. The summed E-state index contributed by atoms with van der Waals surface area (Å²) < 4.78 is 12.2. The molecule has 0 saturated carbocycles. The lowest BCUT2D eigenvalue weighted by molar-refractivity contribution is -0.147. The molecule has 0 radical (unpaired) electrons. The van der Waals surface area contributed by atoms with Crippen LogP contribution in [0.5, 0.6) is 0 Å². The van der Waals surface area contributed by atoms with E-state index >= 15 is 0 Å². The number of thioether (sulfide) groups is 1. The highest BCUT2D eigenvalue weighted by atomic mass is 79.9. The predicted molar refractivity (Wildman–Crippen MR) is 76.8 cm³/mol. The number of hydrogen-bond acceptors (Lipinski definition) is 4. The minimum atomic E-state index is -0.331. The highest BCUT2D eigenvalue weighted by molar-refractivity contribution is 9.10. The Bertz CT molecular complexity index is 383. The Morgan fingerprint density at radius 2 is 2.11 bits per heavy atom. The highest BCUT2D eigenvalue weighted by Crippen LogP contribution is 2.26. The molecule has 3 nitrogen and oxygen atoms in total. The highest BCUT2D eigenvalue weighted by Gasteiger charge is 2.29. The zero-order valence-corrected chi connectivity index (χ0v) is 12.9. The summed E-state index contributed by atoms with van der Waals surface area (Å²) in [6.45, 7) is 3.50. The van der Waals surface area contributed by atoms with Gasteiger partial charge >= 0.3 is 0 Å². The molecule has 1 fully saturated rings. The molecule has 2 heterocycles. The number of ether oxygens (including phenoxy) is 2. The number of halogens is 1. The van der Waals surface area contributed by atoms with E-state index in [9.17, 15) is 0 Å². The van der Waals surface area contributed by atoms with Crippen molar-refractivity contribution in [1.29, 1.82) is 0 Å². The number of unbranched alkanes of at least 4 members (excludes halogenated alkanes) is 1. The lowest BCUT2D eigenvalue weighted by Gasteiger charge is -2.21. The minimum absolute atomic E-state index is 0.331. The monoisotopic (exact) mass is 331 g/mol. The molecular weight excluding hydrogens is 314 g/mol. The van der Waals surface area contributed by atoms with E-state index in [1.54, 1.807) is 6.20 Å². The molecule has 0 amide bonds. The molecule has 1 aliphatic rings. The first-order valence-corrected chi connectivity index (χ1v) is 7.97. The SMILES string of the molecule is CC1(CCCCSc2cncc(Br)c2)OCCO1. The van der Waals surface area contributed by atoms with Crippen LogP contribution < -0.4 is 0 Å². The Morgan fingerprint density at radius 3 is 2.83 bits per heavy atom. The van der Waals surface area contributed by atoms with Gasteiger partial charge in [-0.3, -0.25) is 4.98 Å². The van der Waals surface area contributed by atoms with Crippen molar-refractivity contribution in [3.8, 4) is 0 Å². The van der Waals surface area contributed by atoms with Gasteiger partial charge in [-0.2, -0.15) is 0 Å². The Balaban J connectivity index is 1.61. The Hall–Kier alpha value is -0.100. The zero-order chi connectivity index (χ0) is 12.8. The maximum absolute atomic E-state index is 5.58. The first-order valence-electron chi connectivity index (χ1n) is 6.19. The molecule has 2 rings (SSSR count). The van der Waals surface area contributed by atoms with E-state index in [2.05, 4.69) is 27.0 Å². The molecule has 0 spiro atoms. The van der Waals surface area contributed by atoms with E-state index in [0.29, 0.717) is 0 Å². The van der Waals surface area contributed by atoms with Crippen molar-refractivity contribution in [1.82, 2.24) is 4.98 Å². The van der Waals surface area contributed by atoms with E-state index in [1.807, 2.05) is 24.9 Å². The van der Waals surface area contributed by atoms with Crippen LogP contribution in [0.2, 0.25) is 0 Å². The van der Waals surface area contributed by atoms with Crippen LogP contribution in [-0.4, -0.2) is 29.7 Å². The van der Waals surface area contributed by atoms with Gasteiger partial charge in [-0.15, -0.1) is 11.8 Å². The molecule has 0 N–H and O–H groups in total. The van der Waals surface area contributed by atoms with Crippen molar-refractivity contribution in [3.63, 3.8) is 0 Å². The maximum Gasteiger partial charge on any atom is 0.165 e. The Labute approximate surface area is 121 Å². The molecule has 0 aromatic carbocycles. The fourth-order valence-corrected chi connectivity index (χ4v) is 3.36. The van der Waals surface area contributed by atoms with E-state index in [1.165, 1.54) is 11.3 Å². The summed E-state index contributed by atoms with van der Waals surface area (Å²) in [5.41, 5.74) is 0. The molecule has 1 aromatic rings. The van der Waals surface area contributed by atoms with E-state index < -0.39 is 0 Å². The van der Waals surface area contributed by atoms with Crippen LogP contribution in [0.25, 0.3) is 0 Å². The number of hydrogen-bond donors (Lipinski definition) is 0. The lowest BCUT2D eigenvalue weighted by Crippen LogP contribution is -2.25. The number of pyridine rings is 1. The maximum atomic E-state index is 5.58. The largest absolute Gasteiger partial charge is 0.348 e. The van der Waals surface area contributed by atoms with Gasteiger partial charge in [-0.05, 0) is 47.5 Å². The van der Waals surface area contributed by atoms with E-state index in [0.717, 1.165) is 36.3 Å². The zero-order valence-electron chi connectivity index (χ0n) is 10.5. The number of nitrogens with zero attached hydrogens (tertiary/aromatic N) is 1. The summed E-state index contributed by atoms with van der Waals surface area (Å²) in [4.78, 5) is 5.36. The van der Waals surface area contributed by atoms with Gasteiger partial charge in [0, 0.05) is 28.2 Å². The van der Waals surface area contributed by atoms with Crippen LogP contribution in [0.15, 0.2) is 27.8 Å². The second-order valence-corrected chi connectivity index (χ2v) is 6.56. The van der Waals surface area contributed by atoms with Gasteiger partial charge in [-0.1, -0.05) is 0 Å². The van der Waals surface area contributed by atoms with Crippen molar-refractivity contribution >= 4 is 27.7 Å². The standard InChI is InChI=1S/C13H18BrNO2S/c1-13(16-5-6-17-13)4-2-3-7-18-12-8-11(14)9-15-10-12/h8-10H,2-7H2,1H3. The average Bonchev–Trinajstić information content (AvgIpc) is 2.76. The molecular formula is C13H18BrNO2S. The topological polar surface area (TPSA) is 31.4 Å². The van der Waals surface area contributed by atoms with Gasteiger partial charge in [0.2, 0.25) is 0 Å². The Kier molecular flexibility index (Phi) is 5.48. The minimum Gasteiger partial charge on any atom is -0.348 e. The average molecular weight is 332 g/mol. The van der Waals surface area contributed by atoms with Crippen molar-refractivity contribution in [2.75, 3.05) is 19.0 Å². The summed E-state index contributed by atoms with van der Waals surface area (Å²) in [5, 5.41) is 0. The van der Waals surface area contributed by atoms with Gasteiger partial charge in [0.15, 0.2) is 5.79 Å². The van der Waals surface area contributed by atoms with Crippen LogP contribution in [0.3, 0.4) is 0 Å². The molecule has 0 bridgehead atoms. The normalized spacial score (nSPS) is 18.1. The summed E-state index contributed by atoms with van der Waals surface area (Å²) in [5.74, 6) is 0.774. The molecule has 0 aliphatic carbocycles. The van der Waals surface area contributed by atoms with Gasteiger partial charge in [-0.25, -0.2) is 0 Å². The smallest absolute Gasteiger partial charge is 0.165 e. The van der Waals surface area contributed by atoms with Crippen LogP contribution in [0, 0.1) is 0 Å². The van der Waals surface area contributed by atoms with E-state index in [4.69, 9.17) is 9.47 Å². The lowest BCUT2D eigenvalue weighted by atomic mass is 10.1. The third-order valence-corrected chi connectivity index (χ3v) is 4.35. The molecule has 1 aromatic heterocycles. The van der Waals surface area contributed by atoms with Crippen LogP contribution in [-0.2, 0) is 9.47 Å². The summed E-state index contributed by atoms with van der Waals surface area (Å²) in [6, 6.07) is 2.10. The summed E-state index contributed by atoms with van der Waals surface area (Å²) in [7, 11) is 0. The second-order valence-electron chi connectivity index (χ2n) is 4.48. The second kappa shape index (κ2) is 6.89. The van der Waals surface area contributed by atoms with Gasteiger partial charge < -0.3 is 9.47 Å². The third kappa shape index (κ3) is 4.53. The molecule has 18 heavy (non-hydrogen) atoms. The van der Waals surface area contributed by atoms with Crippen molar-refractivity contribution in [2.45, 2.75) is 36.9 Å². The van der Waals surface area contributed by atoms with Gasteiger partial charge in [0.1, 0.15) is 0 Å². The van der Waals surface area contributed by atoms with Crippen LogP contribution in [0.4, 0.5) is 0 Å². The molecule has 5 heteroatoms. The van der Waals surface area contributed by atoms with Gasteiger partial charge in [0.05, 0.1) is 13.2 Å². The van der Waals surface area contributed by atoms with Crippen molar-refractivity contribution < 1.29 is 9.47 Å². The van der Waals surface area contributed by atoms with Crippen LogP contribution in [0.1, 0.15) is 26.2 Å². The van der Waals surface area contributed by atoms with E-state index in [-0.39, 0.29) is 5.79 Å². The summed E-state index contributed by atoms with van der Waals surface area (Å²) in [6.07, 6.45) is 6.98. The van der Waals surface area contributed by atoms with Crippen LogP contribution >= 0.6 is 27.7 Å². The quantitative estimate of drug-likeness (QED) is 0.585. The first-order chi connectivity index (χ1) is 8.68. The molecule has 0 atom stereocenters. The molecule has 1 saturated heterocycles. The van der Waals surface area contributed by atoms with Crippen molar-refractivity contribution in [2.24, 2.45) is 0 Å². The fraction of sp³-hybridized carbons (Fsp3) is 0.615. The Morgan fingerprint density at radius 1 is 1.33 bits per heavy atom. The van der Waals surface area contributed by atoms with Crippen molar-refractivity contribution in [3.05, 3.63) is 22.9 Å². The fourth-order valence-electron chi connectivity index (χ4n) is 1.91. The number of aromatic nitrogens is 1.